The molecule has 0 aliphatic carbocycles. The first-order valence-electron chi connectivity index (χ1n) is 7.82. The Morgan fingerprint density at radius 3 is 2.61 bits per heavy atom. The summed E-state index contributed by atoms with van der Waals surface area (Å²) in [5, 5.41) is -0.00575. The summed E-state index contributed by atoms with van der Waals surface area (Å²) in [7, 11) is 1.76. The van der Waals surface area contributed by atoms with Crippen LogP contribution in [0.15, 0.2) is 30.3 Å². The molecule has 1 fully saturated rings. The second-order valence-electron chi connectivity index (χ2n) is 6.17. The first-order chi connectivity index (χ1) is 10.9. The Morgan fingerprint density at radius 2 is 2.00 bits per heavy atom. The van der Waals surface area contributed by atoms with Gasteiger partial charge in [0.15, 0.2) is 0 Å². The van der Waals surface area contributed by atoms with Crippen LogP contribution >= 0.6 is 12.6 Å². The van der Waals surface area contributed by atoms with Crippen LogP contribution in [0.2, 0.25) is 0 Å². The number of likely N-dealkylation sites (N-methyl/N-ethyl adjacent to an activating group) is 1. The van der Waals surface area contributed by atoms with Crippen LogP contribution in [0.25, 0.3) is 0 Å². The van der Waals surface area contributed by atoms with Crippen molar-refractivity contribution in [1.29, 1.82) is 0 Å². The Morgan fingerprint density at radius 1 is 1.35 bits per heavy atom. The van der Waals surface area contributed by atoms with Gasteiger partial charge in [-0.2, -0.15) is 12.6 Å². The number of hydrogen-bond acceptors (Lipinski definition) is 4. The van der Waals surface area contributed by atoms with Gasteiger partial charge in [-0.05, 0) is 25.8 Å². The van der Waals surface area contributed by atoms with E-state index >= 15 is 0 Å². The number of nitrogens with zero attached hydrogens (tertiary/aromatic N) is 2. The van der Waals surface area contributed by atoms with Crippen molar-refractivity contribution in [3.63, 3.8) is 0 Å². The van der Waals surface area contributed by atoms with E-state index in [9.17, 15) is 9.59 Å². The molecule has 2 atom stereocenters. The number of ether oxygens (including phenoxy) is 1. The maximum atomic E-state index is 12.7. The molecule has 1 aromatic rings. The van der Waals surface area contributed by atoms with Crippen LogP contribution in [-0.4, -0.2) is 52.8 Å². The van der Waals surface area contributed by atoms with E-state index in [-0.39, 0.29) is 17.3 Å². The Balaban J connectivity index is 2.05. The van der Waals surface area contributed by atoms with Crippen molar-refractivity contribution in [3.8, 4) is 0 Å². The molecule has 6 heteroatoms. The van der Waals surface area contributed by atoms with Gasteiger partial charge in [0, 0.05) is 25.4 Å². The highest BCUT2D eigenvalue weighted by Crippen LogP contribution is 2.25. The van der Waals surface area contributed by atoms with Crippen molar-refractivity contribution in [2.75, 3.05) is 13.6 Å². The van der Waals surface area contributed by atoms with Gasteiger partial charge in [0.05, 0.1) is 6.10 Å². The molecule has 126 valence electrons. The summed E-state index contributed by atoms with van der Waals surface area (Å²) in [4.78, 5) is 28.1. The second-order valence-corrected chi connectivity index (χ2v) is 6.90. The third kappa shape index (κ3) is 4.64. The van der Waals surface area contributed by atoms with Crippen molar-refractivity contribution in [2.45, 2.75) is 44.2 Å². The number of hydrogen-bond donors (Lipinski definition) is 1. The number of thiol groups is 1. The Labute approximate surface area is 143 Å². The minimum absolute atomic E-state index is 0.00575. The SMILES string of the molecule is CC(C)OC(=O)N1C[C@H](S)C[C@H]1C(=O)N(C)Cc1ccccc1. The van der Waals surface area contributed by atoms with Crippen LogP contribution in [0.4, 0.5) is 4.79 Å². The molecule has 0 radical (unpaired) electrons. The van der Waals surface area contributed by atoms with Gasteiger partial charge in [0.2, 0.25) is 5.91 Å². The maximum Gasteiger partial charge on any atom is 0.410 e. The van der Waals surface area contributed by atoms with Gasteiger partial charge in [-0.15, -0.1) is 0 Å². The molecule has 0 N–H and O–H groups in total. The molecule has 0 saturated carbocycles. The zero-order valence-corrected chi connectivity index (χ0v) is 14.7. The van der Waals surface area contributed by atoms with Crippen molar-refractivity contribution >= 4 is 24.6 Å². The summed E-state index contributed by atoms with van der Waals surface area (Å²) in [5.74, 6) is -0.0777. The number of carbonyl (C=O) groups is 2. The molecule has 0 bridgehead atoms. The van der Waals surface area contributed by atoms with Crippen molar-refractivity contribution in [1.82, 2.24) is 9.80 Å². The number of rotatable bonds is 4. The third-order valence-electron chi connectivity index (χ3n) is 3.77. The van der Waals surface area contributed by atoms with E-state index in [1.54, 1.807) is 25.8 Å². The Kier molecular flexibility index (Phi) is 5.93. The van der Waals surface area contributed by atoms with E-state index in [0.717, 1.165) is 5.56 Å². The highest BCUT2D eigenvalue weighted by molar-refractivity contribution is 7.81. The van der Waals surface area contributed by atoms with Crippen molar-refractivity contribution in [2.24, 2.45) is 0 Å². The predicted octanol–water partition coefficient (Wildman–Crippen LogP) is 2.56. The van der Waals surface area contributed by atoms with Gasteiger partial charge in [-0.25, -0.2) is 4.79 Å². The van der Waals surface area contributed by atoms with Gasteiger partial charge in [-0.3, -0.25) is 9.69 Å². The zero-order valence-electron chi connectivity index (χ0n) is 13.8. The number of amides is 2. The fourth-order valence-corrected chi connectivity index (χ4v) is 3.08. The molecular weight excluding hydrogens is 312 g/mol. The minimum Gasteiger partial charge on any atom is -0.447 e. The van der Waals surface area contributed by atoms with Crippen LogP contribution < -0.4 is 0 Å². The highest BCUT2D eigenvalue weighted by atomic mass is 32.1. The smallest absolute Gasteiger partial charge is 0.410 e. The largest absolute Gasteiger partial charge is 0.447 e. The molecule has 0 spiro atoms. The second kappa shape index (κ2) is 7.73. The zero-order chi connectivity index (χ0) is 17.0. The molecule has 1 heterocycles. The van der Waals surface area contributed by atoms with Crippen molar-refractivity contribution < 1.29 is 14.3 Å². The van der Waals surface area contributed by atoms with Crippen LogP contribution in [0.5, 0.6) is 0 Å². The summed E-state index contributed by atoms with van der Waals surface area (Å²) in [6.45, 7) is 4.54. The van der Waals surface area contributed by atoms with E-state index in [1.807, 2.05) is 30.3 Å². The molecule has 0 aromatic heterocycles. The third-order valence-corrected chi connectivity index (χ3v) is 4.15. The fourth-order valence-electron chi connectivity index (χ4n) is 2.71. The molecule has 0 unspecified atom stereocenters. The lowest BCUT2D eigenvalue weighted by molar-refractivity contribution is -0.134. The van der Waals surface area contributed by atoms with E-state index in [1.165, 1.54) is 4.90 Å². The van der Waals surface area contributed by atoms with Gasteiger partial charge >= 0.3 is 6.09 Å². The molecule has 5 nitrogen and oxygen atoms in total. The van der Waals surface area contributed by atoms with Crippen LogP contribution in [0.3, 0.4) is 0 Å². The molecule has 2 amide bonds. The summed E-state index contributed by atoms with van der Waals surface area (Å²) in [6.07, 6.45) is -0.101. The number of carbonyl (C=O) groups excluding carboxylic acids is 2. The maximum absolute atomic E-state index is 12.7. The average molecular weight is 336 g/mol. The quantitative estimate of drug-likeness (QED) is 0.860. The van der Waals surface area contributed by atoms with Gasteiger partial charge in [0.25, 0.3) is 0 Å². The molecule has 1 aromatic carbocycles. The van der Waals surface area contributed by atoms with E-state index in [2.05, 4.69) is 12.6 Å². The summed E-state index contributed by atoms with van der Waals surface area (Å²) in [5.41, 5.74) is 1.06. The van der Waals surface area contributed by atoms with Crippen LogP contribution in [0, 0.1) is 0 Å². The summed E-state index contributed by atoms with van der Waals surface area (Å²) >= 11 is 4.44. The van der Waals surface area contributed by atoms with Gasteiger partial charge in [-0.1, -0.05) is 30.3 Å². The Bertz CT molecular complexity index is 550. The lowest BCUT2D eigenvalue weighted by Crippen LogP contribution is -2.47. The summed E-state index contributed by atoms with van der Waals surface area (Å²) < 4.78 is 5.24. The first kappa shape index (κ1) is 17.7. The number of likely N-dealkylation sites (tertiary alicyclic amines) is 1. The van der Waals surface area contributed by atoms with Gasteiger partial charge < -0.3 is 9.64 Å². The average Bonchev–Trinajstić information content (AvgIpc) is 2.89. The van der Waals surface area contributed by atoms with Gasteiger partial charge in [0.1, 0.15) is 6.04 Å². The lowest BCUT2D eigenvalue weighted by Gasteiger charge is -2.28. The Hall–Kier alpha value is -1.69. The first-order valence-corrected chi connectivity index (χ1v) is 8.34. The van der Waals surface area contributed by atoms with Crippen LogP contribution in [-0.2, 0) is 16.1 Å². The van der Waals surface area contributed by atoms with E-state index in [4.69, 9.17) is 4.74 Å². The fraction of sp³-hybridized carbons (Fsp3) is 0.529. The lowest BCUT2D eigenvalue weighted by atomic mass is 10.1. The van der Waals surface area contributed by atoms with E-state index < -0.39 is 12.1 Å². The van der Waals surface area contributed by atoms with Crippen LogP contribution in [0.1, 0.15) is 25.8 Å². The van der Waals surface area contributed by atoms with Crippen molar-refractivity contribution in [3.05, 3.63) is 35.9 Å². The monoisotopic (exact) mass is 336 g/mol. The number of benzene rings is 1. The standard InChI is InChI=1S/C17H24N2O3S/c1-12(2)22-17(21)19-11-14(23)9-15(19)16(20)18(3)10-13-7-5-4-6-8-13/h4-8,12,14-15,23H,9-11H2,1-3H3/t14-,15+/m1/s1. The summed E-state index contributed by atoms with van der Waals surface area (Å²) in [6, 6.07) is 9.28. The molecule has 2 rings (SSSR count). The normalized spacial score (nSPS) is 20.7. The minimum atomic E-state index is -0.502. The van der Waals surface area contributed by atoms with E-state index in [0.29, 0.717) is 19.5 Å². The molecule has 1 saturated heterocycles. The topological polar surface area (TPSA) is 49.9 Å². The molecule has 23 heavy (non-hydrogen) atoms. The predicted molar refractivity (Wildman–Crippen MR) is 92.4 cm³/mol. The molecule has 1 aliphatic rings. The highest BCUT2D eigenvalue weighted by Gasteiger charge is 2.40. The molecule has 1 aliphatic heterocycles. The molecular formula is C17H24N2O3S.